The van der Waals surface area contributed by atoms with Gasteiger partial charge in [-0.25, -0.2) is 4.79 Å². The molecule has 1 aromatic carbocycles. The summed E-state index contributed by atoms with van der Waals surface area (Å²) in [5.41, 5.74) is 6.49. The van der Waals surface area contributed by atoms with Crippen LogP contribution in [0.5, 0.6) is 0 Å². The van der Waals surface area contributed by atoms with Crippen LogP contribution in [0.3, 0.4) is 0 Å². The van der Waals surface area contributed by atoms with Gasteiger partial charge in [-0.1, -0.05) is 25.5 Å². The molecule has 0 aliphatic rings. The Balaban J connectivity index is 2.55. The molecular weight excluding hydrogens is 256 g/mol. The lowest BCUT2D eigenvalue weighted by Crippen LogP contribution is -2.48. The molecule has 0 saturated carbocycles. The van der Waals surface area contributed by atoms with Crippen molar-refractivity contribution in [3.05, 3.63) is 35.4 Å². The molecule has 0 spiro atoms. The second kappa shape index (κ2) is 7.79. The van der Waals surface area contributed by atoms with Crippen molar-refractivity contribution in [3.63, 3.8) is 0 Å². The zero-order valence-electron chi connectivity index (χ0n) is 11.3. The van der Waals surface area contributed by atoms with Crippen LogP contribution in [0.4, 0.5) is 4.79 Å². The van der Waals surface area contributed by atoms with Gasteiger partial charge in [0.15, 0.2) is 0 Å². The Morgan fingerprint density at radius 2 is 2.00 bits per heavy atom. The highest BCUT2D eigenvalue weighted by Crippen LogP contribution is 2.03. The van der Waals surface area contributed by atoms with Gasteiger partial charge >= 0.3 is 6.03 Å². The fraction of sp³-hybridized carbons (Fsp3) is 0.357. The maximum Gasteiger partial charge on any atom is 0.312 e. The van der Waals surface area contributed by atoms with E-state index >= 15 is 0 Å². The van der Waals surface area contributed by atoms with E-state index in [9.17, 15) is 9.59 Å². The second-order valence-corrected chi connectivity index (χ2v) is 4.38. The molecule has 106 valence electrons. The number of hydrogen-bond acceptors (Lipinski definition) is 3. The number of nitriles is 1. The van der Waals surface area contributed by atoms with Crippen molar-refractivity contribution in [2.24, 2.45) is 5.73 Å². The molecule has 0 bridgehead atoms. The van der Waals surface area contributed by atoms with Crippen molar-refractivity contribution in [2.45, 2.75) is 32.4 Å². The van der Waals surface area contributed by atoms with Gasteiger partial charge in [-0.3, -0.25) is 4.79 Å². The van der Waals surface area contributed by atoms with E-state index in [2.05, 4.69) is 10.6 Å². The van der Waals surface area contributed by atoms with E-state index in [1.165, 1.54) is 0 Å². The van der Waals surface area contributed by atoms with Crippen LogP contribution < -0.4 is 16.4 Å². The molecule has 0 aromatic heterocycles. The molecule has 0 aliphatic carbocycles. The number of nitrogens with zero attached hydrogens (tertiary/aromatic N) is 1. The number of carbonyl (C=O) groups excluding carboxylic acids is 2. The van der Waals surface area contributed by atoms with Crippen LogP contribution in [0.2, 0.25) is 0 Å². The fourth-order valence-electron chi connectivity index (χ4n) is 1.74. The highest BCUT2D eigenvalue weighted by molar-refractivity contribution is 5.86. The summed E-state index contributed by atoms with van der Waals surface area (Å²) in [5.74, 6) is -0.269. The highest BCUT2D eigenvalue weighted by atomic mass is 16.2. The number of hydrogen-bond donors (Lipinski definition) is 3. The molecule has 1 aromatic rings. The largest absolute Gasteiger partial charge is 0.352 e. The summed E-state index contributed by atoms with van der Waals surface area (Å²) in [6, 6.07) is 7.62. The molecular formula is C14H18N4O2. The standard InChI is InChI=1S/C14H18N4O2/c1-2-3-12(18-14(16)20)13(19)17-9-11-6-4-10(8-15)5-7-11/h4-7,12H,2-3,9H2,1H3,(H,17,19)(H3,16,18,20)/t12-/m1/s1. The third-order valence-corrected chi connectivity index (χ3v) is 2.76. The van der Waals surface area contributed by atoms with E-state index in [-0.39, 0.29) is 5.91 Å². The van der Waals surface area contributed by atoms with Gasteiger partial charge in [0.1, 0.15) is 6.04 Å². The summed E-state index contributed by atoms with van der Waals surface area (Å²) in [6.45, 7) is 2.26. The van der Waals surface area contributed by atoms with Crippen LogP contribution in [-0.4, -0.2) is 18.0 Å². The minimum Gasteiger partial charge on any atom is -0.352 e. The van der Waals surface area contributed by atoms with Crippen molar-refractivity contribution in [2.75, 3.05) is 0 Å². The molecule has 3 amide bonds. The number of primary amides is 1. The van der Waals surface area contributed by atoms with Gasteiger partial charge < -0.3 is 16.4 Å². The Labute approximate surface area is 118 Å². The molecule has 0 radical (unpaired) electrons. The van der Waals surface area contributed by atoms with Crippen LogP contribution in [0.15, 0.2) is 24.3 Å². The molecule has 20 heavy (non-hydrogen) atoms. The van der Waals surface area contributed by atoms with E-state index in [0.717, 1.165) is 12.0 Å². The SMILES string of the molecule is CCC[C@@H](NC(N)=O)C(=O)NCc1ccc(C#N)cc1. The topological polar surface area (TPSA) is 108 Å². The lowest BCUT2D eigenvalue weighted by atomic mass is 10.1. The Morgan fingerprint density at radius 3 is 2.50 bits per heavy atom. The molecule has 6 heteroatoms. The minimum atomic E-state index is -0.711. The number of urea groups is 1. The first-order valence-corrected chi connectivity index (χ1v) is 6.39. The monoisotopic (exact) mass is 274 g/mol. The van der Waals surface area contributed by atoms with Crippen molar-refractivity contribution >= 4 is 11.9 Å². The van der Waals surface area contributed by atoms with E-state index in [4.69, 9.17) is 11.0 Å². The van der Waals surface area contributed by atoms with Crippen LogP contribution in [0, 0.1) is 11.3 Å². The van der Waals surface area contributed by atoms with E-state index in [1.807, 2.05) is 13.0 Å². The minimum absolute atomic E-state index is 0.269. The molecule has 4 N–H and O–H groups in total. The average Bonchev–Trinajstić information content (AvgIpc) is 2.44. The summed E-state index contributed by atoms with van der Waals surface area (Å²) >= 11 is 0. The van der Waals surface area contributed by atoms with Crippen molar-refractivity contribution < 1.29 is 9.59 Å². The maximum absolute atomic E-state index is 11.9. The Morgan fingerprint density at radius 1 is 1.35 bits per heavy atom. The highest BCUT2D eigenvalue weighted by Gasteiger charge is 2.18. The van der Waals surface area contributed by atoms with E-state index < -0.39 is 12.1 Å². The lowest BCUT2D eigenvalue weighted by molar-refractivity contribution is -0.123. The van der Waals surface area contributed by atoms with Gasteiger partial charge in [-0.15, -0.1) is 0 Å². The summed E-state index contributed by atoms with van der Waals surface area (Å²) in [5, 5.41) is 13.8. The first-order chi connectivity index (χ1) is 9.56. The summed E-state index contributed by atoms with van der Waals surface area (Å²) in [6.07, 6.45) is 1.29. The quantitative estimate of drug-likeness (QED) is 0.720. The second-order valence-electron chi connectivity index (χ2n) is 4.38. The van der Waals surface area contributed by atoms with Crippen molar-refractivity contribution in [1.82, 2.24) is 10.6 Å². The number of nitrogens with one attached hydrogen (secondary N) is 2. The van der Waals surface area contributed by atoms with E-state index in [1.54, 1.807) is 24.3 Å². The van der Waals surface area contributed by atoms with Crippen LogP contribution in [0.1, 0.15) is 30.9 Å². The van der Waals surface area contributed by atoms with Crippen molar-refractivity contribution in [3.8, 4) is 6.07 Å². The molecule has 1 atom stereocenters. The molecule has 0 saturated heterocycles. The number of rotatable bonds is 6. The number of nitrogens with two attached hydrogens (primary N) is 1. The van der Waals surface area contributed by atoms with Gasteiger partial charge in [0, 0.05) is 6.54 Å². The Hall–Kier alpha value is -2.55. The third-order valence-electron chi connectivity index (χ3n) is 2.76. The van der Waals surface area contributed by atoms with E-state index in [0.29, 0.717) is 18.5 Å². The first-order valence-electron chi connectivity index (χ1n) is 6.39. The molecule has 6 nitrogen and oxygen atoms in total. The van der Waals surface area contributed by atoms with Gasteiger partial charge in [0.2, 0.25) is 5.91 Å². The Bertz CT molecular complexity index is 505. The van der Waals surface area contributed by atoms with Gasteiger partial charge in [0.25, 0.3) is 0 Å². The molecule has 0 heterocycles. The third kappa shape index (κ3) is 4.98. The van der Waals surface area contributed by atoms with Crippen LogP contribution in [0.25, 0.3) is 0 Å². The number of amides is 3. The molecule has 0 unspecified atom stereocenters. The number of carbonyl (C=O) groups is 2. The van der Waals surface area contributed by atoms with Crippen molar-refractivity contribution in [1.29, 1.82) is 5.26 Å². The maximum atomic E-state index is 11.9. The van der Waals surface area contributed by atoms with Crippen LogP contribution >= 0.6 is 0 Å². The molecule has 1 rings (SSSR count). The fourth-order valence-corrected chi connectivity index (χ4v) is 1.74. The summed E-state index contributed by atoms with van der Waals surface area (Å²) in [4.78, 5) is 22.8. The zero-order chi connectivity index (χ0) is 15.0. The summed E-state index contributed by atoms with van der Waals surface area (Å²) < 4.78 is 0. The smallest absolute Gasteiger partial charge is 0.312 e. The predicted octanol–water partition coefficient (Wildman–Crippen LogP) is 1.01. The first kappa shape index (κ1) is 15.5. The zero-order valence-corrected chi connectivity index (χ0v) is 11.3. The predicted molar refractivity (Wildman–Crippen MR) is 74.4 cm³/mol. The average molecular weight is 274 g/mol. The van der Waals surface area contributed by atoms with Gasteiger partial charge in [-0.05, 0) is 24.1 Å². The summed E-state index contributed by atoms with van der Waals surface area (Å²) in [7, 11) is 0. The number of benzene rings is 1. The van der Waals surface area contributed by atoms with Gasteiger partial charge in [-0.2, -0.15) is 5.26 Å². The molecule has 0 fully saturated rings. The normalized spacial score (nSPS) is 11.2. The van der Waals surface area contributed by atoms with Gasteiger partial charge in [0.05, 0.1) is 11.6 Å². The Kier molecular flexibility index (Phi) is 6.04. The van der Waals surface area contributed by atoms with Crippen LogP contribution in [-0.2, 0) is 11.3 Å². The molecule has 0 aliphatic heterocycles. The lowest BCUT2D eigenvalue weighted by Gasteiger charge is -2.16.